The highest BCUT2D eigenvalue weighted by molar-refractivity contribution is 5.97. The minimum atomic E-state index is -0.521. The number of rotatable bonds is 6. The molecule has 16 heavy (non-hydrogen) atoms. The van der Waals surface area contributed by atoms with Crippen molar-refractivity contribution in [3.63, 3.8) is 0 Å². The molecule has 2 atom stereocenters. The molecular weight excluding hydrogens is 200 g/mol. The Morgan fingerprint density at radius 2 is 1.94 bits per heavy atom. The summed E-state index contributed by atoms with van der Waals surface area (Å²) in [7, 11) is 0. The molecule has 0 saturated carbocycles. The lowest BCUT2D eigenvalue weighted by molar-refractivity contribution is 0.0684. The predicted molar refractivity (Wildman–Crippen MR) is 65.5 cm³/mol. The van der Waals surface area contributed by atoms with Crippen LogP contribution in [-0.2, 0) is 0 Å². The molecule has 0 aliphatic carbocycles. The van der Waals surface area contributed by atoms with Gasteiger partial charge in [-0.25, -0.2) is 0 Å². The van der Waals surface area contributed by atoms with Gasteiger partial charge in [-0.05, 0) is 6.42 Å². The summed E-state index contributed by atoms with van der Waals surface area (Å²) in [6, 6.07) is 9.17. The van der Waals surface area contributed by atoms with E-state index < -0.39 is 6.10 Å². The van der Waals surface area contributed by atoms with Crippen molar-refractivity contribution >= 4 is 5.78 Å². The maximum absolute atomic E-state index is 12.0. The Balaban J connectivity index is 2.60. The van der Waals surface area contributed by atoms with Crippen LogP contribution in [0.25, 0.3) is 0 Å². The van der Waals surface area contributed by atoms with Gasteiger partial charge < -0.3 is 5.11 Å². The Bertz CT molecular complexity index is 319. The standard InChI is InChI=1S/C14H20O2/c1-3-4-10-13(15)11(2)14(16)12-8-6-5-7-9-12/h5-9,11,13,15H,3-4,10H2,1-2H3/t11-,13-/m0/s1. The first-order valence-electron chi connectivity index (χ1n) is 5.94. The molecule has 0 aromatic heterocycles. The molecule has 1 rings (SSSR count). The van der Waals surface area contributed by atoms with E-state index in [1.807, 2.05) is 18.2 Å². The molecule has 0 heterocycles. The lowest BCUT2D eigenvalue weighted by Gasteiger charge is -2.17. The number of aliphatic hydroxyl groups excluding tert-OH is 1. The molecule has 0 aliphatic heterocycles. The van der Waals surface area contributed by atoms with Crippen LogP contribution in [-0.4, -0.2) is 17.0 Å². The van der Waals surface area contributed by atoms with Crippen molar-refractivity contribution < 1.29 is 9.90 Å². The van der Waals surface area contributed by atoms with Crippen molar-refractivity contribution in [2.45, 2.75) is 39.2 Å². The van der Waals surface area contributed by atoms with E-state index in [9.17, 15) is 9.90 Å². The van der Waals surface area contributed by atoms with Crippen LogP contribution in [0, 0.1) is 5.92 Å². The minimum Gasteiger partial charge on any atom is -0.392 e. The molecule has 2 nitrogen and oxygen atoms in total. The van der Waals surface area contributed by atoms with E-state index >= 15 is 0 Å². The average Bonchev–Trinajstić information content (AvgIpc) is 2.35. The highest BCUT2D eigenvalue weighted by Gasteiger charge is 2.22. The molecule has 0 spiro atoms. The molecule has 0 bridgehead atoms. The summed E-state index contributed by atoms with van der Waals surface area (Å²) >= 11 is 0. The third-order valence-corrected chi connectivity index (χ3v) is 2.90. The van der Waals surface area contributed by atoms with Crippen molar-refractivity contribution in [2.75, 3.05) is 0 Å². The lowest BCUT2D eigenvalue weighted by atomic mass is 9.91. The van der Waals surface area contributed by atoms with Gasteiger partial charge in [-0.2, -0.15) is 0 Å². The topological polar surface area (TPSA) is 37.3 Å². The van der Waals surface area contributed by atoms with Gasteiger partial charge in [0.05, 0.1) is 6.10 Å². The lowest BCUT2D eigenvalue weighted by Crippen LogP contribution is -2.25. The summed E-state index contributed by atoms with van der Waals surface area (Å²) < 4.78 is 0. The molecule has 0 amide bonds. The van der Waals surface area contributed by atoms with Crippen LogP contribution >= 0.6 is 0 Å². The fourth-order valence-electron chi connectivity index (χ4n) is 1.70. The fourth-order valence-corrected chi connectivity index (χ4v) is 1.70. The Morgan fingerprint density at radius 3 is 2.50 bits per heavy atom. The molecule has 0 unspecified atom stereocenters. The van der Waals surface area contributed by atoms with Gasteiger partial charge in [0.15, 0.2) is 5.78 Å². The van der Waals surface area contributed by atoms with Crippen LogP contribution in [0.2, 0.25) is 0 Å². The molecule has 0 fully saturated rings. The third-order valence-electron chi connectivity index (χ3n) is 2.90. The average molecular weight is 220 g/mol. The van der Waals surface area contributed by atoms with Crippen molar-refractivity contribution in [2.24, 2.45) is 5.92 Å². The molecule has 0 radical (unpaired) electrons. The monoisotopic (exact) mass is 220 g/mol. The van der Waals surface area contributed by atoms with Crippen LogP contribution < -0.4 is 0 Å². The summed E-state index contributed by atoms with van der Waals surface area (Å²) in [5, 5.41) is 9.86. The number of Topliss-reactive ketones (excluding diaryl/α,β-unsaturated/α-hetero) is 1. The van der Waals surface area contributed by atoms with Gasteiger partial charge in [0.2, 0.25) is 0 Å². The SMILES string of the molecule is CCCC[C@H](O)[C@H](C)C(=O)c1ccccc1. The Morgan fingerprint density at radius 1 is 1.31 bits per heavy atom. The zero-order valence-electron chi connectivity index (χ0n) is 10.0. The molecule has 1 aromatic carbocycles. The van der Waals surface area contributed by atoms with Crippen molar-refractivity contribution in [1.29, 1.82) is 0 Å². The van der Waals surface area contributed by atoms with Crippen LogP contribution in [0.3, 0.4) is 0 Å². The summed E-state index contributed by atoms with van der Waals surface area (Å²) in [6.07, 6.45) is 2.19. The first-order chi connectivity index (χ1) is 7.66. The molecule has 0 aliphatic rings. The molecule has 88 valence electrons. The number of ketones is 1. The van der Waals surface area contributed by atoms with Crippen LogP contribution in [0.4, 0.5) is 0 Å². The second kappa shape index (κ2) is 6.44. The number of aliphatic hydroxyl groups is 1. The van der Waals surface area contributed by atoms with Gasteiger partial charge in [-0.15, -0.1) is 0 Å². The van der Waals surface area contributed by atoms with Gasteiger partial charge in [-0.3, -0.25) is 4.79 Å². The van der Waals surface area contributed by atoms with Crippen LogP contribution in [0.15, 0.2) is 30.3 Å². The second-order valence-electron chi connectivity index (χ2n) is 4.23. The van der Waals surface area contributed by atoms with E-state index in [2.05, 4.69) is 6.92 Å². The highest BCUT2D eigenvalue weighted by atomic mass is 16.3. The quantitative estimate of drug-likeness (QED) is 0.748. The third kappa shape index (κ3) is 3.46. The molecular formula is C14H20O2. The molecule has 1 aromatic rings. The van der Waals surface area contributed by atoms with Crippen molar-refractivity contribution in [3.05, 3.63) is 35.9 Å². The van der Waals surface area contributed by atoms with Gasteiger partial charge in [-0.1, -0.05) is 57.0 Å². The zero-order chi connectivity index (χ0) is 12.0. The maximum Gasteiger partial charge on any atom is 0.168 e. The summed E-state index contributed by atoms with van der Waals surface area (Å²) in [5.41, 5.74) is 0.686. The second-order valence-corrected chi connectivity index (χ2v) is 4.23. The largest absolute Gasteiger partial charge is 0.392 e. The number of carbonyl (C=O) groups is 1. The Hall–Kier alpha value is -1.15. The minimum absolute atomic E-state index is 0.0317. The number of hydrogen-bond donors (Lipinski definition) is 1. The van der Waals surface area contributed by atoms with E-state index in [4.69, 9.17) is 0 Å². The van der Waals surface area contributed by atoms with Gasteiger partial charge in [0.1, 0.15) is 0 Å². The summed E-state index contributed by atoms with van der Waals surface area (Å²) in [5.74, 6) is -0.279. The van der Waals surface area contributed by atoms with Gasteiger partial charge in [0, 0.05) is 11.5 Å². The smallest absolute Gasteiger partial charge is 0.168 e. The molecule has 0 saturated heterocycles. The Labute approximate surface area is 97.3 Å². The predicted octanol–water partition coefficient (Wildman–Crippen LogP) is 3.06. The van der Waals surface area contributed by atoms with E-state index in [0.29, 0.717) is 12.0 Å². The fraction of sp³-hybridized carbons (Fsp3) is 0.500. The molecule has 1 N–H and O–H groups in total. The maximum atomic E-state index is 12.0. The van der Waals surface area contributed by atoms with Gasteiger partial charge >= 0.3 is 0 Å². The Kier molecular flexibility index (Phi) is 5.20. The normalized spacial score (nSPS) is 14.4. The van der Waals surface area contributed by atoms with E-state index in [-0.39, 0.29) is 11.7 Å². The van der Waals surface area contributed by atoms with Crippen LogP contribution in [0.5, 0.6) is 0 Å². The van der Waals surface area contributed by atoms with E-state index in [1.165, 1.54) is 0 Å². The van der Waals surface area contributed by atoms with Crippen molar-refractivity contribution in [1.82, 2.24) is 0 Å². The van der Waals surface area contributed by atoms with Gasteiger partial charge in [0.25, 0.3) is 0 Å². The van der Waals surface area contributed by atoms with Crippen molar-refractivity contribution in [3.8, 4) is 0 Å². The summed E-state index contributed by atoms with van der Waals surface area (Å²) in [6.45, 7) is 3.88. The zero-order valence-corrected chi connectivity index (χ0v) is 10.0. The molecule has 2 heteroatoms. The number of unbranched alkanes of at least 4 members (excludes halogenated alkanes) is 1. The number of benzene rings is 1. The first kappa shape index (κ1) is 12.9. The number of hydrogen-bond acceptors (Lipinski definition) is 2. The number of carbonyl (C=O) groups excluding carboxylic acids is 1. The first-order valence-corrected chi connectivity index (χ1v) is 5.94. The van der Waals surface area contributed by atoms with Crippen LogP contribution in [0.1, 0.15) is 43.5 Å². The summed E-state index contributed by atoms with van der Waals surface area (Å²) in [4.78, 5) is 12.0. The highest BCUT2D eigenvalue weighted by Crippen LogP contribution is 2.16. The van der Waals surface area contributed by atoms with E-state index in [0.717, 1.165) is 12.8 Å². The van der Waals surface area contributed by atoms with E-state index in [1.54, 1.807) is 19.1 Å².